The zero-order chi connectivity index (χ0) is 26.9. The van der Waals surface area contributed by atoms with Crippen molar-refractivity contribution in [1.29, 1.82) is 0 Å². The summed E-state index contributed by atoms with van der Waals surface area (Å²) in [6.45, 7) is 4.67. The summed E-state index contributed by atoms with van der Waals surface area (Å²) in [5.41, 5.74) is 2.56. The van der Waals surface area contributed by atoms with Crippen LogP contribution in [0.2, 0.25) is 0 Å². The molecule has 0 saturated carbocycles. The van der Waals surface area contributed by atoms with Crippen LogP contribution in [0, 0.1) is 0 Å². The molecule has 0 spiro atoms. The number of rotatable bonds is 8. The highest BCUT2D eigenvalue weighted by molar-refractivity contribution is 7.89. The molecule has 0 amide bonds. The van der Waals surface area contributed by atoms with E-state index in [1.54, 1.807) is 41.9 Å². The topological polar surface area (TPSA) is 123 Å². The molecule has 3 aromatic heterocycles. The first kappa shape index (κ1) is 26.1. The van der Waals surface area contributed by atoms with Crippen molar-refractivity contribution in [3.8, 4) is 17.1 Å². The molecule has 1 fully saturated rings. The van der Waals surface area contributed by atoms with Crippen LogP contribution in [0.5, 0.6) is 5.75 Å². The molecule has 5 rings (SSSR count). The number of aryl methyl sites for hydroxylation is 2. The zero-order valence-corrected chi connectivity index (χ0v) is 22.7. The number of nitrogens with one attached hydrogen (secondary N) is 1. The van der Waals surface area contributed by atoms with Gasteiger partial charge in [-0.25, -0.2) is 13.4 Å². The van der Waals surface area contributed by atoms with Gasteiger partial charge in [-0.2, -0.15) is 9.40 Å². The van der Waals surface area contributed by atoms with Crippen molar-refractivity contribution in [2.24, 2.45) is 7.05 Å². The highest BCUT2D eigenvalue weighted by atomic mass is 32.2. The Morgan fingerprint density at radius 1 is 1.18 bits per heavy atom. The van der Waals surface area contributed by atoms with E-state index < -0.39 is 10.0 Å². The van der Waals surface area contributed by atoms with Gasteiger partial charge in [-0.1, -0.05) is 25.8 Å². The van der Waals surface area contributed by atoms with Crippen molar-refractivity contribution >= 4 is 21.1 Å². The Hall–Kier alpha value is -3.57. The molecule has 0 bridgehead atoms. The van der Waals surface area contributed by atoms with E-state index in [0.29, 0.717) is 41.9 Å². The maximum absolute atomic E-state index is 14.0. The van der Waals surface area contributed by atoms with Crippen LogP contribution < -0.4 is 10.3 Å². The van der Waals surface area contributed by atoms with E-state index in [-0.39, 0.29) is 22.3 Å². The average molecular weight is 537 g/mol. The van der Waals surface area contributed by atoms with Crippen molar-refractivity contribution in [1.82, 2.24) is 29.0 Å². The summed E-state index contributed by atoms with van der Waals surface area (Å²) < 4.78 is 36.9. The predicted molar refractivity (Wildman–Crippen MR) is 144 cm³/mol. The van der Waals surface area contributed by atoms with Crippen molar-refractivity contribution < 1.29 is 13.2 Å². The molecular weight excluding hydrogens is 504 g/mol. The second-order valence-corrected chi connectivity index (χ2v) is 11.3. The number of ether oxygens (including phenoxy) is 1. The summed E-state index contributed by atoms with van der Waals surface area (Å²) in [6.07, 6.45) is 7.38. The lowest BCUT2D eigenvalue weighted by Crippen LogP contribution is -2.38. The van der Waals surface area contributed by atoms with Gasteiger partial charge in [0.15, 0.2) is 5.52 Å². The first-order chi connectivity index (χ1) is 18.3. The first-order valence-electron chi connectivity index (χ1n) is 13.0. The number of sulfonamides is 1. The summed E-state index contributed by atoms with van der Waals surface area (Å²) in [7, 11) is -2.16. The van der Waals surface area contributed by atoms with Crippen LogP contribution in [-0.4, -0.2) is 50.6 Å². The van der Waals surface area contributed by atoms with Crippen LogP contribution in [0.4, 0.5) is 0 Å². The lowest BCUT2D eigenvalue weighted by molar-refractivity contribution is 0.255. The molecule has 0 unspecified atom stereocenters. The number of pyridine rings is 1. The van der Waals surface area contributed by atoms with Gasteiger partial charge >= 0.3 is 0 Å². The van der Waals surface area contributed by atoms with Crippen LogP contribution in [0.1, 0.15) is 56.8 Å². The Kier molecular flexibility index (Phi) is 7.31. The summed E-state index contributed by atoms with van der Waals surface area (Å²) in [5.74, 6) is 0.688. The molecule has 1 aliphatic rings. The fourth-order valence-electron chi connectivity index (χ4n) is 5.15. The fourth-order valence-corrected chi connectivity index (χ4v) is 6.86. The van der Waals surface area contributed by atoms with Gasteiger partial charge in [0.1, 0.15) is 17.1 Å². The van der Waals surface area contributed by atoms with E-state index in [4.69, 9.17) is 9.72 Å². The van der Waals surface area contributed by atoms with E-state index >= 15 is 0 Å². The molecular formula is C27H32N6O4S. The number of H-pyrrole nitrogens is 1. The lowest BCUT2D eigenvalue weighted by atomic mass is 9.99. The van der Waals surface area contributed by atoms with Gasteiger partial charge in [0, 0.05) is 26.0 Å². The summed E-state index contributed by atoms with van der Waals surface area (Å²) in [5, 5.41) is 4.48. The second-order valence-electron chi connectivity index (χ2n) is 9.44. The quantitative estimate of drug-likeness (QED) is 0.361. The second kappa shape index (κ2) is 10.7. The van der Waals surface area contributed by atoms with E-state index in [9.17, 15) is 13.2 Å². The molecule has 10 nitrogen and oxygen atoms in total. The molecule has 38 heavy (non-hydrogen) atoms. The molecule has 4 aromatic rings. The number of benzene rings is 1. The van der Waals surface area contributed by atoms with E-state index in [1.165, 1.54) is 4.68 Å². The Balaban J connectivity index is 1.63. The molecule has 4 heterocycles. The fraction of sp³-hybridized carbons (Fsp3) is 0.407. The molecule has 11 heteroatoms. The average Bonchev–Trinajstić information content (AvgIpc) is 3.25. The highest BCUT2D eigenvalue weighted by Crippen LogP contribution is 2.37. The van der Waals surface area contributed by atoms with Crippen molar-refractivity contribution in [3.63, 3.8) is 0 Å². The van der Waals surface area contributed by atoms with Crippen LogP contribution >= 0.6 is 0 Å². The summed E-state index contributed by atoms with van der Waals surface area (Å²) >= 11 is 0. The number of aromatic nitrogens is 5. The Labute approximate surface area is 221 Å². The molecule has 1 aliphatic heterocycles. The molecule has 1 aromatic carbocycles. The SMILES string of the molecule is CCCc1nn(C)c2c(=O)[nH]c(-c3cc(S(=O)(=O)N4CCCC[C@@H]4c4cccnc4)ccc3OCC)nc12. The normalized spacial score (nSPS) is 16.7. The van der Waals surface area contributed by atoms with Crippen LogP contribution in [0.15, 0.2) is 52.4 Å². The first-order valence-corrected chi connectivity index (χ1v) is 14.4. The third-order valence-electron chi connectivity index (χ3n) is 6.88. The molecule has 0 aliphatic carbocycles. The van der Waals surface area contributed by atoms with Crippen molar-refractivity contribution in [2.75, 3.05) is 13.2 Å². The third-order valence-corrected chi connectivity index (χ3v) is 8.79. The van der Waals surface area contributed by atoms with Crippen molar-refractivity contribution in [2.45, 2.75) is 56.9 Å². The highest BCUT2D eigenvalue weighted by Gasteiger charge is 2.35. The molecule has 1 atom stereocenters. The smallest absolute Gasteiger partial charge is 0.277 e. The lowest BCUT2D eigenvalue weighted by Gasteiger charge is -2.35. The monoisotopic (exact) mass is 536 g/mol. The number of aromatic amines is 1. The van der Waals surface area contributed by atoms with Crippen LogP contribution in [0.25, 0.3) is 22.4 Å². The van der Waals surface area contributed by atoms with Crippen molar-refractivity contribution in [3.05, 3.63) is 64.3 Å². The predicted octanol–water partition coefficient (Wildman–Crippen LogP) is 3.99. The third kappa shape index (κ3) is 4.71. The minimum Gasteiger partial charge on any atom is -0.493 e. The maximum Gasteiger partial charge on any atom is 0.277 e. The van der Waals surface area contributed by atoms with E-state index in [1.807, 2.05) is 26.0 Å². The number of hydrogen-bond donors (Lipinski definition) is 1. The van der Waals surface area contributed by atoms with Gasteiger partial charge in [-0.3, -0.25) is 14.5 Å². The molecule has 1 saturated heterocycles. The van der Waals surface area contributed by atoms with Gasteiger partial charge in [0.2, 0.25) is 10.0 Å². The standard InChI is InChI=1S/C27H32N6O4S/c1-4-9-21-24-25(32(3)31-21)27(34)30-26(29-24)20-16-19(12-13-23(20)37-5-2)38(35,36)33-15-7-6-11-22(33)18-10-8-14-28-17-18/h8,10,12-14,16-17,22H,4-7,9,11,15H2,1-3H3,(H,29,30,34)/t22-/m1/s1. The summed E-state index contributed by atoms with van der Waals surface area (Å²) in [6, 6.07) is 8.19. The molecule has 200 valence electrons. The largest absolute Gasteiger partial charge is 0.493 e. The van der Waals surface area contributed by atoms with Gasteiger partial charge < -0.3 is 9.72 Å². The number of hydrogen-bond acceptors (Lipinski definition) is 7. The van der Waals surface area contributed by atoms with E-state index in [2.05, 4.69) is 15.1 Å². The van der Waals surface area contributed by atoms with Gasteiger partial charge in [-0.05, 0) is 56.0 Å². The van der Waals surface area contributed by atoms with Crippen LogP contribution in [0.3, 0.4) is 0 Å². The zero-order valence-electron chi connectivity index (χ0n) is 21.8. The molecule has 1 N–H and O–H groups in total. The van der Waals surface area contributed by atoms with Gasteiger partial charge in [0.05, 0.1) is 28.8 Å². The minimum atomic E-state index is -3.87. The van der Waals surface area contributed by atoms with Gasteiger partial charge in [-0.15, -0.1) is 0 Å². The van der Waals surface area contributed by atoms with Gasteiger partial charge in [0.25, 0.3) is 5.56 Å². The maximum atomic E-state index is 14.0. The Morgan fingerprint density at radius 3 is 2.76 bits per heavy atom. The number of nitrogens with zero attached hydrogens (tertiary/aromatic N) is 5. The van der Waals surface area contributed by atoms with Crippen LogP contribution in [-0.2, 0) is 23.5 Å². The van der Waals surface area contributed by atoms with E-state index in [0.717, 1.165) is 36.9 Å². The number of piperidine rings is 1. The Morgan fingerprint density at radius 2 is 2.03 bits per heavy atom. The Bertz CT molecular complexity index is 1610. The number of fused-ring (bicyclic) bond motifs is 1. The summed E-state index contributed by atoms with van der Waals surface area (Å²) in [4.78, 5) is 25.0. The molecule has 0 radical (unpaired) electrons. The minimum absolute atomic E-state index is 0.120.